The molecule has 1 rings (SSSR count). The molecule has 1 N–H and O–H groups in total. The van der Waals surface area contributed by atoms with Crippen molar-refractivity contribution < 1.29 is 14.6 Å². The summed E-state index contributed by atoms with van der Waals surface area (Å²) < 4.78 is 4.94. The summed E-state index contributed by atoms with van der Waals surface area (Å²) in [7, 11) is 1.56. The van der Waals surface area contributed by atoms with Gasteiger partial charge in [-0.05, 0) is 18.2 Å². The Kier molecular flexibility index (Phi) is 5.68. The fraction of sp³-hybridized carbons (Fsp3) is 0.308. The van der Waals surface area contributed by atoms with Gasteiger partial charge in [0.25, 0.3) is 5.91 Å². The lowest BCUT2D eigenvalue weighted by Crippen LogP contribution is -2.34. The quantitative estimate of drug-likeness (QED) is 0.807. The van der Waals surface area contributed by atoms with Crippen LogP contribution in [0.5, 0.6) is 5.75 Å². The van der Waals surface area contributed by atoms with Crippen LogP contribution in [-0.4, -0.2) is 42.7 Å². The Labute approximate surface area is 111 Å². The highest BCUT2D eigenvalue weighted by Crippen LogP contribution is 2.22. The van der Waals surface area contributed by atoms with E-state index in [1.807, 2.05) is 0 Å². The molecule has 0 bridgehead atoms. The number of nitrogens with zero attached hydrogens (tertiary/aromatic N) is 1. The highest BCUT2D eigenvalue weighted by atomic mass is 35.5. The summed E-state index contributed by atoms with van der Waals surface area (Å²) in [6.45, 7) is 4.83. The summed E-state index contributed by atoms with van der Waals surface area (Å²) in [5.41, 5.74) is 0.181. The molecule has 98 valence electrons. The summed E-state index contributed by atoms with van der Waals surface area (Å²) in [4.78, 5) is 13.7. The maximum Gasteiger partial charge on any atom is 0.258 e. The van der Waals surface area contributed by atoms with Crippen LogP contribution >= 0.6 is 11.6 Å². The number of ether oxygens (including phenoxy) is 1. The first-order chi connectivity index (χ1) is 8.60. The standard InChI is InChI=1S/C13H16ClNO3/c1-3-6-15(7-8-18-2)13(17)11-9-10(14)4-5-12(11)16/h3-5,9,16H,1,6-8H2,2H3. The smallest absolute Gasteiger partial charge is 0.258 e. The maximum absolute atomic E-state index is 12.2. The molecule has 0 aliphatic heterocycles. The normalized spacial score (nSPS) is 10.1. The van der Waals surface area contributed by atoms with E-state index in [9.17, 15) is 9.90 Å². The van der Waals surface area contributed by atoms with Gasteiger partial charge in [-0.3, -0.25) is 4.79 Å². The summed E-state index contributed by atoms with van der Waals surface area (Å²) in [6, 6.07) is 4.38. The molecular weight excluding hydrogens is 254 g/mol. The molecule has 0 aliphatic carbocycles. The molecule has 1 amide bonds. The van der Waals surface area contributed by atoms with Crippen molar-refractivity contribution in [2.75, 3.05) is 26.8 Å². The van der Waals surface area contributed by atoms with Crippen molar-refractivity contribution in [3.05, 3.63) is 41.4 Å². The summed E-state index contributed by atoms with van der Waals surface area (Å²) in [5.74, 6) is -0.386. The van der Waals surface area contributed by atoms with E-state index in [0.29, 0.717) is 24.7 Å². The van der Waals surface area contributed by atoms with Gasteiger partial charge in [0.05, 0.1) is 12.2 Å². The lowest BCUT2D eigenvalue weighted by molar-refractivity contribution is 0.0715. The second-order valence-corrected chi connectivity index (χ2v) is 4.13. The lowest BCUT2D eigenvalue weighted by Gasteiger charge is -2.21. The molecule has 1 aromatic rings. The van der Waals surface area contributed by atoms with Crippen LogP contribution in [0, 0.1) is 0 Å². The number of benzene rings is 1. The molecule has 0 aromatic heterocycles. The first-order valence-electron chi connectivity index (χ1n) is 5.47. The maximum atomic E-state index is 12.2. The average Bonchev–Trinajstić information content (AvgIpc) is 2.36. The summed E-state index contributed by atoms with van der Waals surface area (Å²) in [5, 5.41) is 10.1. The SMILES string of the molecule is C=CCN(CCOC)C(=O)c1cc(Cl)ccc1O. The van der Waals surface area contributed by atoms with Crippen molar-refractivity contribution in [3.63, 3.8) is 0 Å². The van der Waals surface area contributed by atoms with Crippen LogP contribution in [0.4, 0.5) is 0 Å². The third kappa shape index (κ3) is 3.75. The number of carbonyl (C=O) groups is 1. The number of phenolic OH excluding ortho intramolecular Hbond substituents is 1. The number of amides is 1. The minimum atomic E-state index is -0.299. The van der Waals surface area contributed by atoms with E-state index in [-0.39, 0.29) is 17.2 Å². The largest absolute Gasteiger partial charge is 0.507 e. The van der Waals surface area contributed by atoms with Crippen molar-refractivity contribution in [2.24, 2.45) is 0 Å². The van der Waals surface area contributed by atoms with Gasteiger partial charge in [0.1, 0.15) is 5.75 Å². The molecule has 0 heterocycles. The summed E-state index contributed by atoms with van der Waals surface area (Å²) in [6.07, 6.45) is 1.62. The molecule has 18 heavy (non-hydrogen) atoms. The Balaban J connectivity index is 2.93. The molecule has 4 nitrogen and oxygen atoms in total. The zero-order valence-corrected chi connectivity index (χ0v) is 11.0. The van der Waals surface area contributed by atoms with Crippen molar-refractivity contribution in [1.29, 1.82) is 0 Å². The van der Waals surface area contributed by atoms with Crippen LogP contribution in [0.1, 0.15) is 10.4 Å². The molecular formula is C13H16ClNO3. The van der Waals surface area contributed by atoms with Crippen LogP contribution in [0.25, 0.3) is 0 Å². The zero-order chi connectivity index (χ0) is 13.5. The molecule has 0 radical (unpaired) electrons. The lowest BCUT2D eigenvalue weighted by atomic mass is 10.1. The first kappa shape index (κ1) is 14.5. The Morgan fingerprint density at radius 2 is 2.33 bits per heavy atom. The second-order valence-electron chi connectivity index (χ2n) is 3.69. The van der Waals surface area contributed by atoms with Gasteiger partial charge in [0, 0.05) is 25.2 Å². The number of phenols is 1. The minimum absolute atomic E-state index is 0.0871. The number of hydrogen-bond acceptors (Lipinski definition) is 3. The van der Waals surface area contributed by atoms with Crippen molar-refractivity contribution in [3.8, 4) is 5.75 Å². The van der Waals surface area contributed by atoms with E-state index in [1.54, 1.807) is 13.2 Å². The fourth-order valence-electron chi connectivity index (χ4n) is 1.48. The summed E-state index contributed by atoms with van der Waals surface area (Å²) >= 11 is 5.82. The van der Waals surface area contributed by atoms with E-state index in [1.165, 1.54) is 23.1 Å². The third-order valence-electron chi connectivity index (χ3n) is 2.39. The van der Waals surface area contributed by atoms with Crippen molar-refractivity contribution >= 4 is 17.5 Å². The molecule has 0 aliphatic rings. The second kappa shape index (κ2) is 7.03. The number of aromatic hydroxyl groups is 1. The van der Waals surface area contributed by atoms with E-state index >= 15 is 0 Å². The van der Waals surface area contributed by atoms with E-state index in [4.69, 9.17) is 16.3 Å². The Bertz CT molecular complexity index is 434. The van der Waals surface area contributed by atoms with E-state index < -0.39 is 0 Å². The molecule has 0 saturated heterocycles. The molecule has 0 fully saturated rings. The van der Waals surface area contributed by atoms with Crippen LogP contribution in [0.15, 0.2) is 30.9 Å². The minimum Gasteiger partial charge on any atom is -0.507 e. The number of hydrogen-bond donors (Lipinski definition) is 1. The number of halogens is 1. The highest BCUT2D eigenvalue weighted by molar-refractivity contribution is 6.31. The highest BCUT2D eigenvalue weighted by Gasteiger charge is 2.18. The van der Waals surface area contributed by atoms with E-state index in [0.717, 1.165) is 0 Å². The van der Waals surface area contributed by atoms with Crippen LogP contribution < -0.4 is 0 Å². The first-order valence-corrected chi connectivity index (χ1v) is 5.85. The van der Waals surface area contributed by atoms with Gasteiger partial charge in [-0.1, -0.05) is 17.7 Å². The van der Waals surface area contributed by atoms with Crippen molar-refractivity contribution in [1.82, 2.24) is 4.90 Å². The van der Waals surface area contributed by atoms with E-state index in [2.05, 4.69) is 6.58 Å². The van der Waals surface area contributed by atoms with Crippen LogP contribution in [0.2, 0.25) is 5.02 Å². The molecule has 0 spiro atoms. The molecule has 1 aromatic carbocycles. The average molecular weight is 270 g/mol. The van der Waals surface area contributed by atoms with Gasteiger partial charge in [-0.15, -0.1) is 6.58 Å². The van der Waals surface area contributed by atoms with Gasteiger partial charge in [-0.2, -0.15) is 0 Å². The third-order valence-corrected chi connectivity index (χ3v) is 2.63. The van der Waals surface area contributed by atoms with Gasteiger partial charge in [-0.25, -0.2) is 0 Å². The molecule has 0 saturated carbocycles. The number of methoxy groups -OCH3 is 1. The van der Waals surface area contributed by atoms with Gasteiger partial charge in [0.15, 0.2) is 0 Å². The van der Waals surface area contributed by atoms with Gasteiger partial charge < -0.3 is 14.7 Å². The topological polar surface area (TPSA) is 49.8 Å². The predicted molar refractivity (Wildman–Crippen MR) is 71.1 cm³/mol. The van der Waals surface area contributed by atoms with Crippen LogP contribution in [-0.2, 0) is 4.74 Å². The fourth-order valence-corrected chi connectivity index (χ4v) is 1.66. The molecule has 0 unspecified atom stereocenters. The Hall–Kier alpha value is -1.52. The zero-order valence-electron chi connectivity index (χ0n) is 10.2. The van der Waals surface area contributed by atoms with Gasteiger partial charge >= 0.3 is 0 Å². The van der Waals surface area contributed by atoms with Crippen LogP contribution in [0.3, 0.4) is 0 Å². The number of rotatable bonds is 6. The monoisotopic (exact) mass is 269 g/mol. The predicted octanol–water partition coefficient (Wildman–Crippen LogP) is 2.32. The Morgan fingerprint density at radius 1 is 1.61 bits per heavy atom. The Morgan fingerprint density at radius 3 is 2.94 bits per heavy atom. The van der Waals surface area contributed by atoms with Crippen molar-refractivity contribution in [2.45, 2.75) is 0 Å². The number of carbonyl (C=O) groups excluding carboxylic acids is 1. The van der Waals surface area contributed by atoms with Gasteiger partial charge in [0.2, 0.25) is 0 Å². The molecule has 5 heteroatoms. The molecule has 0 atom stereocenters.